The third-order valence-electron chi connectivity index (χ3n) is 5.18. The predicted octanol–water partition coefficient (Wildman–Crippen LogP) is 5.47. The first-order valence-electron chi connectivity index (χ1n) is 8.73. The molecule has 0 spiro atoms. The quantitative estimate of drug-likeness (QED) is 0.440. The maximum Gasteiger partial charge on any atom is 0.269 e. The van der Waals surface area contributed by atoms with Crippen molar-refractivity contribution in [3.8, 4) is 5.75 Å². The average molecular weight is 371 g/mol. The molecule has 0 saturated heterocycles. The number of non-ortho nitro benzene ring substituents is 1. The van der Waals surface area contributed by atoms with Crippen LogP contribution >= 0.6 is 11.6 Å². The van der Waals surface area contributed by atoms with Gasteiger partial charge in [-0.1, -0.05) is 35.9 Å². The lowest BCUT2D eigenvalue weighted by Gasteiger charge is -2.38. The lowest BCUT2D eigenvalue weighted by atomic mass is 9.77. The summed E-state index contributed by atoms with van der Waals surface area (Å²) in [5.74, 6) is 1.31. The summed E-state index contributed by atoms with van der Waals surface area (Å²) in [6.07, 6.45) is 5.30. The van der Waals surface area contributed by atoms with Crippen LogP contribution in [0.1, 0.15) is 36.4 Å². The van der Waals surface area contributed by atoms with Crippen LogP contribution in [-0.4, -0.2) is 11.5 Å². The number of ether oxygens (including phenoxy) is 1. The Labute approximate surface area is 156 Å². The smallest absolute Gasteiger partial charge is 0.269 e. The van der Waals surface area contributed by atoms with Crippen LogP contribution in [0.2, 0.25) is 5.02 Å². The molecule has 1 aliphatic carbocycles. The zero-order chi connectivity index (χ0) is 18.3. The molecular weight excluding hydrogens is 352 g/mol. The molecule has 6 heteroatoms. The highest BCUT2D eigenvalue weighted by Crippen LogP contribution is 2.53. The molecule has 5 nitrogen and oxygen atoms in total. The van der Waals surface area contributed by atoms with Crippen molar-refractivity contribution in [2.24, 2.45) is 5.92 Å². The van der Waals surface area contributed by atoms with Crippen LogP contribution in [0.15, 0.2) is 48.6 Å². The molecule has 0 aromatic heterocycles. The number of nitro groups is 1. The molecule has 2 aromatic rings. The number of nitrogens with zero attached hydrogens (tertiary/aromatic N) is 1. The number of allylic oxidation sites excluding steroid dienone is 2. The zero-order valence-electron chi connectivity index (χ0n) is 14.3. The molecule has 0 fully saturated rings. The Bertz CT molecular complexity index is 897. The van der Waals surface area contributed by atoms with E-state index in [0.717, 1.165) is 23.4 Å². The van der Waals surface area contributed by atoms with Gasteiger partial charge in [0.05, 0.1) is 23.3 Å². The van der Waals surface area contributed by atoms with E-state index >= 15 is 0 Å². The molecule has 134 valence electrons. The molecule has 1 aliphatic heterocycles. The number of nitro benzene ring substituents is 1. The molecule has 0 saturated carbocycles. The van der Waals surface area contributed by atoms with Crippen LogP contribution in [0.25, 0.3) is 0 Å². The summed E-state index contributed by atoms with van der Waals surface area (Å²) in [6, 6.07) is 10.6. The van der Waals surface area contributed by atoms with Crippen molar-refractivity contribution < 1.29 is 9.66 Å². The van der Waals surface area contributed by atoms with Gasteiger partial charge in [-0.05, 0) is 37.0 Å². The van der Waals surface area contributed by atoms with Crippen LogP contribution in [0.3, 0.4) is 0 Å². The van der Waals surface area contributed by atoms with E-state index in [-0.39, 0.29) is 28.5 Å². The highest BCUT2D eigenvalue weighted by atomic mass is 35.5. The Morgan fingerprint density at radius 1 is 1.31 bits per heavy atom. The van der Waals surface area contributed by atoms with Crippen LogP contribution in [-0.2, 0) is 0 Å². The van der Waals surface area contributed by atoms with Gasteiger partial charge in [0.15, 0.2) is 0 Å². The van der Waals surface area contributed by atoms with E-state index in [4.69, 9.17) is 16.3 Å². The van der Waals surface area contributed by atoms with E-state index in [2.05, 4.69) is 23.5 Å². The number of hydrogen-bond acceptors (Lipinski definition) is 4. The number of anilines is 1. The number of benzene rings is 2. The summed E-state index contributed by atoms with van der Waals surface area (Å²) in [5, 5.41) is 15.3. The standard InChI is InChI=1S/C20H19ClN2O3/c1-2-26-18-8-4-7-15-13-5-3-6-14(13)19(22-20(15)18)16-11-12(23(24)25)9-10-17(16)21/h3-5,7-11,13-14,19,22H,2,6H2,1H3. The number of halogens is 1. The minimum Gasteiger partial charge on any atom is -0.492 e. The van der Waals surface area contributed by atoms with Gasteiger partial charge in [0.2, 0.25) is 0 Å². The maximum atomic E-state index is 11.2. The van der Waals surface area contributed by atoms with Crippen LogP contribution in [0.5, 0.6) is 5.75 Å². The van der Waals surface area contributed by atoms with Crippen molar-refractivity contribution in [2.45, 2.75) is 25.3 Å². The first-order valence-corrected chi connectivity index (χ1v) is 9.10. The first kappa shape index (κ1) is 16.9. The fourth-order valence-corrected chi connectivity index (χ4v) is 4.29. The van der Waals surface area contributed by atoms with Crippen molar-refractivity contribution in [1.82, 2.24) is 0 Å². The molecular formula is C20H19ClN2O3. The van der Waals surface area contributed by atoms with Crippen LogP contribution < -0.4 is 10.1 Å². The van der Waals surface area contributed by atoms with E-state index in [1.54, 1.807) is 12.1 Å². The predicted molar refractivity (Wildman–Crippen MR) is 102 cm³/mol. The second-order valence-electron chi connectivity index (χ2n) is 6.59. The molecule has 4 rings (SSSR count). The van der Waals surface area contributed by atoms with Gasteiger partial charge in [-0.25, -0.2) is 0 Å². The number of rotatable bonds is 4. The fourth-order valence-electron chi connectivity index (χ4n) is 4.06. The van der Waals surface area contributed by atoms with Crippen molar-refractivity contribution >= 4 is 23.0 Å². The van der Waals surface area contributed by atoms with Gasteiger partial charge in [-0.15, -0.1) is 0 Å². The van der Waals surface area contributed by atoms with E-state index in [9.17, 15) is 10.1 Å². The summed E-state index contributed by atoms with van der Waals surface area (Å²) in [7, 11) is 0. The molecule has 3 atom stereocenters. The van der Waals surface area contributed by atoms with Crippen LogP contribution in [0.4, 0.5) is 11.4 Å². The lowest BCUT2D eigenvalue weighted by Crippen LogP contribution is -2.29. The molecule has 0 amide bonds. The Hall–Kier alpha value is -2.53. The summed E-state index contributed by atoms with van der Waals surface area (Å²) < 4.78 is 5.80. The fraction of sp³-hybridized carbons (Fsp3) is 0.300. The molecule has 1 N–H and O–H groups in total. The molecule has 3 unspecified atom stereocenters. The summed E-state index contributed by atoms with van der Waals surface area (Å²) in [4.78, 5) is 10.8. The van der Waals surface area contributed by atoms with E-state index in [1.165, 1.54) is 11.6 Å². The van der Waals surface area contributed by atoms with Crippen molar-refractivity contribution in [1.29, 1.82) is 0 Å². The second-order valence-corrected chi connectivity index (χ2v) is 7.00. The van der Waals surface area contributed by atoms with Gasteiger partial charge < -0.3 is 10.1 Å². The molecule has 2 aromatic carbocycles. The molecule has 2 aliphatic rings. The van der Waals surface area contributed by atoms with Gasteiger partial charge in [0.1, 0.15) is 5.75 Å². The Balaban J connectivity index is 1.82. The van der Waals surface area contributed by atoms with Gasteiger partial charge in [-0.3, -0.25) is 10.1 Å². The molecule has 1 heterocycles. The third kappa shape index (κ3) is 2.72. The zero-order valence-corrected chi connectivity index (χ0v) is 15.1. The Morgan fingerprint density at radius 3 is 2.92 bits per heavy atom. The first-order chi connectivity index (χ1) is 12.6. The summed E-state index contributed by atoms with van der Waals surface area (Å²) in [5.41, 5.74) is 2.97. The minimum absolute atomic E-state index is 0.0533. The monoisotopic (exact) mass is 370 g/mol. The largest absolute Gasteiger partial charge is 0.492 e. The number of nitrogens with one attached hydrogen (secondary N) is 1. The van der Waals surface area contributed by atoms with Crippen molar-refractivity contribution in [2.75, 3.05) is 11.9 Å². The van der Waals surface area contributed by atoms with Crippen molar-refractivity contribution in [3.05, 3.63) is 74.8 Å². The molecule has 0 radical (unpaired) electrons. The topological polar surface area (TPSA) is 64.4 Å². The third-order valence-corrected chi connectivity index (χ3v) is 5.53. The Kier molecular flexibility index (Phi) is 4.32. The second kappa shape index (κ2) is 6.65. The SMILES string of the molecule is CCOc1cccc2c1NC(c1cc([N+](=O)[O-])ccc1Cl)C1CC=CC21. The van der Waals surface area contributed by atoms with E-state index in [0.29, 0.717) is 11.6 Å². The van der Waals surface area contributed by atoms with Gasteiger partial charge in [0.25, 0.3) is 5.69 Å². The number of fused-ring (bicyclic) bond motifs is 3. The average Bonchev–Trinajstić information content (AvgIpc) is 3.12. The van der Waals surface area contributed by atoms with Crippen molar-refractivity contribution in [3.63, 3.8) is 0 Å². The highest BCUT2D eigenvalue weighted by molar-refractivity contribution is 6.31. The van der Waals surface area contributed by atoms with Gasteiger partial charge in [-0.2, -0.15) is 0 Å². The van der Waals surface area contributed by atoms with E-state index < -0.39 is 0 Å². The van der Waals surface area contributed by atoms with Gasteiger partial charge >= 0.3 is 0 Å². The van der Waals surface area contributed by atoms with E-state index in [1.807, 2.05) is 19.1 Å². The lowest BCUT2D eigenvalue weighted by molar-refractivity contribution is -0.384. The number of hydrogen-bond donors (Lipinski definition) is 1. The number of para-hydroxylation sites is 1. The minimum atomic E-state index is -0.382. The summed E-state index contributed by atoms with van der Waals surface area (Å²) >= 11 is 6.44. The summed E-state index contributed by atoms with van der Waals surface area (Å²) in [6.45, 7) is 2.53. The van der Waals surface area contributed by atoms with Gasteiger partial charge in [0, 0.05) is 28.6 Å². The molecule has 0 bridgehead atoms. The Morgan fingerprint density at radius 2 is 2.15 bits per heavy atom. The van der Waals surface area contributed by atoms with Crippen LogP contribution in [0, 0.1) is 16.0 Å². The highest BCUT2D eigenvalue weighted by Gasteiger charge is 2.40. The normalized spacial score (nSPS) is 23.1. The maximum absolute atomic E-state index is 11.2. The molecule has 26 heavy (non-hydrogen) atoms.